The zero-order chi connectivity index (χ0) is 9.80. The summed E-state index contributed by atoms with van der Waals surface area (Å²) in [6.45, 7) is 1.74. The van der Waals surface area contributed by atoms with Gasteiger partial charge in [-0.25, -0.2) is 0 Å². The minimum Gasteiger partial charge on any atom is -0.354 e. The van der Waals surface area contributed by atoms with Crippen LogP contribution in [-0.4, -0.2) is 35.7 Å². The molecular weight excluding hydrogens is 180 g/mol. The second-order valence-corrected chi connectivity index (χ2v) is 3.30. The average Bonchev–Trinajstić information content (AvgIpc) is 2.68. The summed E-state index contributed by atoms with van der Waals surface area (Å²) in [5, 5.41) is 10.6. The molecule has 0 radical (unpaired) electrons. The monoisotopic (exact) mass is 192 g/mol. The van der Waals surface area contributed by atoms with Crippen LogP contribution < -0.4 is 10.2 Å². The molecule has 1 aliphatic heterocycles. The molecule has 0 spiro atoms. The molecule has 1 N–H and O–H groups in total. The summed E-state index contributed by atoms with van der Waals surface area (Å²) in [4.78, 5) is 12.4. The van der Waals surface area contributed by atoms with Crippen molar-refractivity contribution in [3.8, 4) is 0 Å². The van der Waals surface area contributed by atoms with E-state index in [-0.39, 0.29) is 6.04 Å². The first kappa shape index (κ1) is 8.93. The zero-order valence-electron chi connectivity index (χ0n) is 7.76. The molecule has 1 unspecified atom stereocenters. The molecule has 1 aromatic rings. The Labute approximate surface area is 82.1 Å². The molecule has 1 saturated heterocycles. The number of rotatable bonds is 3. The van der Waals surface area contributed by atoms with Crippen LogP contribution in [0.15, 0.2) is 18.3 Å². The summed E-state index contributed by atoms with van der Waals surface area (Å²) in [5.41, 5.74) is 0. The lowest BCUT2D eigenvalue weighted by molar-refractivity contribution is -0.110. The van der Waals surface area contributed by atoms with Crippen LogP contribution in [0.4, 0.5) is 5.82 Å². The molecule has 14 heavy (non-hydrogen) atoms. The Hall–Kier alpha value is -1.65. The zero-order valence-corrected chi connectivity index (χ0v) is 7.76. The predicted molar refractivity (Wildman–Crippen MR) is 51.8 cm³/mol. The van der Waals surface area contributed by atoms with Gasteiger partial charge in [-0.1, -0.05) is 0 Å². The molecule has 1 aliphatic rings. The fourth-order valence-electron chi connectivity index (χ4n) is 1.66. The third kappa shape index (κ3) is 1.81. The Bertz CT molecular complexity index is 303. The summed E-state index contributed by atoms with van der Waals surface area (Å²) >= 11 is 0. The highest BCUT2D eigenvalue weighted by molar-refractivity contribution is 5.48. The minimum atomic E-state index is 0.245. The molecule has 0 saturated carbocycles. The molecule has 5 heteroatoms. The number of hydrogen-bond acceptors (Lipinski definition) is 4. The van der Waals surface area contributed by atoms with Crippen molar-refractivity contribution in [3.05, 3.63) is 18.3 Å². The lowest BCUT2D eigenvalue weighted by Gasteiger charge is -2.15. The Morgan fingerprint density at radius 2 is 2.57 bits per heavy atom. The lowest BCUT2D eigenvalue weighted by atomic mass is 10.3. The van der Waals surface area contributed by atoms with Gasteiger partial charge in [0.1, 0.15) is 0 Å². The van der Waals surface area contributed by atoms with E-state index in [1.54, 1.807) is 6.20 Å². The number of nitrogens with zero attached hydrogens (tertiary/aromatic N) is 3. The molecule has 1 aromatic heterocycles. The molecule has 2 rings (SSSR count). The first-order valence-corrected chi connectivity index (χ1v) is 4.62. The maximum Gasteiger partial charge on any atom is 0.207 e. The quantitative estimate of drug-likeness (QED) is 0.674. The number of aromatic nitrogens is 2. The fraction of sp³-hybridized carbons (Fsp3) is 0.444. The van der Waals surface area contributed by atoms with E-state index in [0.29, 0.717) is 0 Å². The third-order valence-electron chi connectivity index (χ3n) is 2.37. The number of hydrogen-bond donors (Lipinski definition) is 1. The van der Waals surface area contributed by atoms with E-state index in [2.05, 4.69) is 20.4 Å². The largest absolute Gasteiger partial charge is 0.354 e. The summed E-state index contributed by atoms with van der Waals surface area (Å²) < 4.78 is 0. The second-order valence-electron chi connectivity index (χ2n) is 3.30. The number of amides is 1. The third-order valence-corrected chi connectivity index (χ3v) is 2.37. The Morgan fingerprint density at radius 1 is 1.64 bits per heavy atom. The highest BCUT2D eigenvalue weighted by Gasteiger charge is 2.22. The number of carbonyl (C=O) groups excluding carboxylic acids is 1. The molecule has 74 valence electrons. The molecule has 0 aliphatic carbocycles. The highest BCUT2D eigenvalue weighted by atomic mass is 16.1. The summed E-state index contributed by atoms with van der Waals surface area (Å²) in [6.07, 6.45) is 3.38. The topological polar surface area (TPSA) is 58.1 Å². The van der Waals surface area contributed by atoms with Gasteiger partial charge in [-0.3, -0.25) is 4.79 Å². The molecule has 1 atom stereocenters. The van der Waals surface area contributed by atoms with Crippen molar-refractivity contribution in [1.29, 1.82) is 0 Å². The van der Waals surface area contributed by atoms with Crippen molar-refractivity contribution in [2.24, 2.45) is 0 Å². The average molecular weight is 192 g/mol. The first-order chi connectivity index (χ1) is 6.90. The maximum atomic E-state index is 10.2. The van der Waals surface area contributed by atoms with Gasteiger partial charge in [0, 0.05) is 25.3 Å². The Kier molecular flexibility index (Phi) is 2.58. The number of carbonyl (C=O) groups is 1. The minimum absolute atomic E-state index is 0.245. The number of anilines is 1. The lowest BCUT2D eigenvalue weighted by Crippen LogP contribution is -2.31. The summed E-state index contributed by atoms with van der Waals surface area (Å²) in [7, 11) is 0. The van der Waals surface area contributed by atoms with Crippen LogP contribution in [0.3, 0.4) is 0 Å². The molecule has 5 nitrogen and oxygen atoms in total. The molecular formula is C9H12N4O. The van der Waals surface area contributed by atoms with Gasteiger partial charge in [-0.05, 0) is 18.6 Å². The van der Waals surface area contributed by atoms with Gasteiger partial charge in [0.25, 0.3) is 0 Å². The van der Waals surface area contributed by atoms with Gasteiger partial charge >= 0.3 is 0 Å². The van der Waals surface area contributed by atoms with Crippen molar-refractivity contribution in [2.45, 2.75) is 12.5 Å². The van der Waals surface area contributed by atoms with Crippen LogP contribution in [-0.2, 0) is 4.79 Å². The standard InChI is InChI=1S/C9H12N4O/c14-7-10-8-3-5-13(6-8)9-2-1-4-11-12-9/h1-2,4,7-8H,3,5-6H2,(H,10,14). The molecule has 2 heterocycles. The van der Waals surface area contributed by atoms with Crippen LogP contribution in [0, 0.1) is 0 Å². The summed E-state index contributed by atoms with van der Waals surface area (Å²) in [6, 6.07) is 4.04. The van der Waals surface area contributed by atoms with Crippen LogP contribution in [0.2, 0.25) is 0 Å². The fourth-order valence-corrected chi connectivity index (χ4v) is 1.66. The van der Waals surface area contributed by atoms with Crippen molar-refractivity contribution < 1.29 is 4.79 Å². The van der Waals surface area contributed by atoms with E-state index in [0.717, 1.165) is 31.7 Å². The molecule has 0 aromatic carbocycles. The van der Waals surface area contributed by atoms with E-state index in [1.165, 1.54) is 0 Å². The van der Waals surface area contributed by atoms with Crippen molar-refractivity contribution in [3.63, 3.8) is 0 Å². The first-order valence-electron chi connectivity index (χ1n) is 4.62. The smallest absolute Gasteiger partial charge is 0.207 e. The van der Waals surface area contributed by atoms with E-state index < -0.39 is 0 Å². The van der Waals surface area contributed by atoms with Crippen molar-refractivity contribution in [2.75, 3.05) is 18.0 Å². The van der Waals surface area contributed by atoms with Crippen LogP contribution in [0.25, 0.3) is 0 Å². The van der Waals surface area contributed by atoms with Gasteiger partial charge in [0.15, 0.2) is 5.82 Å². The number of nitrogens with one attached hydrogen (secondary N) is 1. The van der Waals surface area contributed by atoms with E-state index in [1.807, 2.05) is 12.1 Å². The van der Waals surface area contributed by atoms with Gasteiger partial charge in [0.05, 0.1) is 0 Å². The van der Waals surface area contributed by atoms with E-state index >= 15 is 0 Å². The van der Waals surface area contributed by atoms with E-state index in [9.17, 15) is 4.79 Å². The molecule has 1 amide bonds. The van der Waals surface area contributed by atoms with Crippen molar-refractivity contribution >= 4 is 12.2 Å². The van der Waals surface area contributed by atoms with Crippen LogP contribution >= 0.6 is 0 Å². The molecule has 0 bridgehead atoms. The predicted octanol–water partition coefficient (Wildman–Crippen LogP) is -0.199. The second kappa shape index (κ2) is 4.04. The van der Waals surface area contributed by atoms with E-state index in [4.69, 9.17) is 0 Å². The van der Waals surface area contributed by atoms with Gasteiger partial charge in [0.2, 0.25) is 6.41 Å². The normalized spacial score (nSPS) is 20.9. The Balaban J connectivity index is 1.99. The van der Waals surface area contributed by atoms with Crippen molar-refractivity contribution in [1.82, 2.24) is 15.5 Å². The van der Waals surface area contributed by atoms with Crippen LogP contribution in [0.1, 0.15) is 6.42 Å². The van der Waals surface area contributed by atoms with Gasteiger partial charge < -0.3 is 10.2 Å². The van der Waals surface area contributed by atoms with Gasteiger partial charge in [-0.15, -0.1) is 5.10 Å². The Morgan fingerprint density at radius 3 is 3.29 bits per heavy atom. The maximum absolute atomic E-state index is 10.2. The summed E-state index contributed by atoms with van der Waals surface area (Å²) in [5.74, 6) is 0.877. The van der Waals surface area contributed by atoms with Gasteiger partial charge in [-0.2, -0.15) is 5.10 Å². The van der Waals surface area contributed by atoms with Crippen LogP contribution in [0.5, 0.6) is 0 Å². The molecule has 1 fully saturated rings. The highest BCUT2D eigenvalue weighted by Crippen LogP contribution is 2.16. The SMILES string of the molecule is O=CNC1CCN(c2cccnn2)C1.